The molecule has 0 spiro atoms. The van der Waals surface area contributed by atoms with E-state index in [4.69, 9.17) is 18.9 Å². The number of esters is 1. The van der Waals surface area contributed by atoms with Crippen molar-refractivity contribution in [3.8, 4) is 17.2 Å². The lowest BCUT2D eigenvalue weighted by Crippen LogP contribution is -2.22. The van der Waals surface area contributed by atoms with Gasteiger partial charge in [-0.25, -0.2) is 21.6 Å². The van der Waals surface area contributed by atoms with E-state index in [-0.39, 0.29) is 38.2 Å². The minimum Gasteiger partial charge on any atom is -0.609 e. The lowest BCUT2D eigenvalue weighted by atomic mass is 10.1. The first-order valence-corrected chi connectivity index (χ1v) is 19.5. The SMILES string of the molecule is COc1ccc2c(c1)nc([S+]([O-])Cc1ncc(C)c(OC)c1C)n2S(=O)(=O)c1cccc(C(=O)OCCS(=O)(=O)c2ccc(C)cc2)c1OC. The van der Waals surface area contributed by atoms with E-state index in [9.17, 15) is 26.2 Å². The molecule has 2 aromatic heterocycles. The summed E-state index contributed by atoms with van der Waals surface area (Å²) in [6.45, 7) is 4.92. The second-order valence-electron chi connectivity index (χ2n) is 11.2. The summed E-state index contributed by atoms with van der Waals surface area (Å²) >= 11 is -2.06. The largest absolute Gasteiger partial charge is 0.609 e. The van der Waals surface area contributed by atoms with Crippen molar-refractivity contribution < 1.29 is 45.1 Å². The zero-order chi connectivity index (χ0) is 36.4. The summed E-state index contributed by atoms with van der Waals surface area (Å²) in [7, 11) is -4.30. The molecule has 0 radical (unpaired) electrons. The van der Waals surface area contributed by atoms with Gasteiger partial charge in [0.2, 0.25) is 0 Å². The number of benzene rings is 3. The summed E-state index contributed by atoms with van der Waals surface area (Å²) in [5, 5.41) is -0.301. The van der Waals surface area contributed by atoms with E-state index >= 15 is 0 Å². The average Bonchev–Trinajstić information content (AvgIpc) is 3.49. The number of hydrogen-bond acceptors (Lipinski definition) is 12. The molecule has 0 aliphatic carbocycles. The van der Waals surface area contributed by atoms with Crippen molar-refractivity contribution in [1.29, 1.82) is 0 Å². The van der Waals surface area contributed by atoms with Gasteiger partial charge in [-0.05, 0) is 57.2 Å². The van der Waals surface area contributed by atoms with E-state index in [1.165, 1.54) is 69.9 Å². The Morgan fingerprint density at radius 3 is 2.26 bits per heavy atom. The van der Waals surface area contributed by atoms with Gasteiger partial charge in [0, 0.05) is 34.6 Å². The molecular formula is C34H35N3O10S3. The third-order valence-electron chi connectivity index (χ3n) is 7.90. The molecule has 0 fully saturated rings. The summed E-state index contributed by atoms with van der Waals surface area (Å²) in [6.07, 6.45) is 1.58. The van der Waals surface area contributed by atoms with Gasteiger partial charge in [-0.2, -0.15) is 8.96 Å². The molecule has 1 atom stereocenters. The highest BCUT2D eigenvalue weighted by atomic mass is 32.2. The summed E-state index contributed by atoms with van der Waals surface area (Å²) < 4.78 is 91.0. The van der Waals surface area contributed by atoms with Crippen molar-refractivity contribution in [1.82, 2.24) is 13.9 Å². The molecule has 5 rings (SSSR count). The van der Waals surface area contributed by atoms with E-state index in [1.807, 2.05) is 13.8 Å². The van der Waals surface area contributed by atoms with Crippen LogP contribution in [0.5, 0.6) is 17.2 Å². The number of fused-ring (bicyclic) bond motifs is 1. The number of nitrogens with zero attached hydrogens (tertiary/aromatic N) is 3. The van der Waals surface area contributed by atoms with Crippen LogP contribution >= 0.6 is 0 Å². The van der Waals surface area contributed by atoms with Crippen LogP contribution in [0.15, 0.2) is 81.8 Å². The molecule has 0 N–H and O–H groups in total. The smallest absolute Gasteiger partial charge is 0.341 e. The Kier molecular flexibility index (Phi) is 10.8. The molecule has 0 amide bonds. The summed E-state index contributed by atoms with van der Waals surface area (Å²) in [6, 6.07) is 14.6. The minimum absolute atomic E-state index is 0.0793. The number of para-hydroxylation sites is 1. The van der Waals surface area contributed by atoms with Crippen LogP contribution < -0.4 is 14.2 Å². The normalized spacial score (nSPS) is 12.5. The third-order valence-corrected chi connectivity index (χ3v) is 12.7. The van der Waals surface area contributed by atoms with Crippen molar-refractivity contribution in [2.24, 2.45) is 0 Å². The number of carbonyl (C=O) groups is 1. The maximum absolute atomic E-state index is 14.5. The van der Waals surface area contributed by atoms with Gasteiger partial charge in [0.15, 0.2) is 21.3 Å². The van der Waals surface area contributed by atoms with Gasteiger partial charge in [-0.15, -0.1) is 0 Å². The molecule has 5 aromatic rings. The molecule has 0 aliphatic heterocycles. The molecular weight excluding hydrogens is 707 g/mol. The number of hydrogen-bond donors (Lipinski definition) is 0. The quantitative estimate of drug-likeness (QED) is 0.122. The van der Waals surface area contributed by atoms with Gasteiger partial charge in [-0.1, -0.05) is 23.8 Å². The first-order chi connectivity index (χ1) is 23.7. The van der Waals surface area contributed by atoms with Crippen LogP contribution in [-0.4, -0.2) is 75.0 Å². The number of ether oxygens (including phenoxy) is 4. The zero-order valence-corrected chi connectivity index (χ0v) is 30.6. The topological polar surface area (TPSA) is 176 Å². The number of pyridine rings is 1. The van der Waals surface area contributed by atoms with Crippen LogP contribution in [0.1, 0.15) is 32.7 Å². The fourth-order valence-corrected chi connectivity index (χ4v) is 9.62. The number of methoxy groups -OCH3 is 3. The van der Waals surface area contributed by atoms with Gasteiger partial charge in [-0.3, -0.25) is 4.98 Å². The highest BCUT2D eigenvalue weighted by Gasteiger charge is 2.35. The third kappa shape index (κ3) is 7.14. The van der Waals surface area contributed by atoms with E-state index < -0.39 is 54.3 Å². The number of aryl methyl sites for hydroxylation is 2. The van der Waals surface area contributed by atoms with Gasteiger partial charge in [0.25, 0.3) is 10.0 Å². The predicted octanol–water partition coefficient (Wildman–Crippen LogP) is 4.56. The van der Waals surface area contributed by atoms with Crippen molar-refractivity contribution in [3.05, 3.63) is 94.8 Å². The molecule has 3 aromatic carbocycles. The Hall–Kier alpha value is -4.64. The molecule has 1 unspecified atom stereocenters. The van der Waals surface area contributed by atoms with Crippen LogP contribution in [0.25, 0.3) is 11.0 Å². The van der Waals surface area contributed by atoms with Crippen molar-refractivity contribution in [2.75, 3.05) is 33.7 Å². The monoisotopic (exact) mass is 741 g/mol. The highest BCUT2D eigenvalue weighted by molar-refractivity contribution is 7.93. The molecule has 264 valence electrons. The van der Waals surface area contributed by atoms with Gasteiger partial charge >= 0.3 is 11.1 Å². The summed E-state index contributed by atoms with van der Waals surface area (Å²) in [5.74, 6) is -1.08. The van der Waals surface area contributed by atoms with Crippen LogP contribution in [0.2, 0.25) is 0 Å². The van der Waals surface area contributed by atoms with E-state index in [1.54, 1.807) is 25.3 Å². The summed E-state index contributed by atoms with van der Waals surface area (Å²) in [5.41, 5.74) is 2.75. The van der Waals surface area contributed by atoms with Crippen LogP contribution in [0, 0.1) is 20.8 Å². The first-order valence-electron chi connectivity index (χ1n) is 15.1. The molecule has 13 nitrogen and oxygen atoms in total. The summed E-state index contributed by atoms with van der Waals surface area (Å²) in [4.78, 5) is 21.7. The standard InChI is InChI=1S/C34H35N3O10S3/c1-21-10-13-25(14-11-21)49(40,41)17-16-47-33(38)26-8-7-9-30(32(26)46-6)50(42,43)37-29-15-12-24(44-4)18-27(29)36-34(37)48(39)20-28-23(3)31(45-5)22(2)19-35-28/h7-15,18-19H,16-17,20H2,1-6H3. The second-order valence-corrected chi connectivity index (χ2v) is 16.4. The number of imidazole rings is 1. The molecule has 0 bridgehead atoms. The number of aromatic nitrogens is 3. The van der Waals surface area contributed by atoms with Crippen LogP contribution in [0.4, 0.5) is 0 Å². The van der Waals surface area contributed by atoms with Crippen LogP contribution in [-0.2, 0) is 41.5 Å². The Morgan fingerprint density at radius 1 is 0.900 bits per heavy atom. The number of carbonyl (C=O) groups excluding carboxylic acids is 1. The van der Waals surface area contributed by atoms with E-state index in [0.29, 0.717) is 22.8 Å². The zero-order valence-electron chi connectivity index (χ0n) is 28.1. The second kappa shape index (κ2) is 14.7. The van der Waals surface area contributed by atoms with Gasteiger partial charge < -0.3 is 23.5 Å². The number of sulfone groups is 1. The average molecular weight is 742 g/mol. The Labute approximate surface area is 293 Å². The predicted molar refractivity (Wildman–Crippen MR) is 186 cm³/mol. The molecule has 0 aliphatic rings. The first kappa shape index (κ1) is 36.6. The lowest BCUT2D eigenvalue weighted by Gasteiger charge is -2.17. The molecule has 2 heterocycles. The molecule has 0 saturated heterocycles. The Balaban J connectivity index is 1.52. The van der Waals surface area contributed by atoms with E-state index in [0.717, 1.165) is 15.1 Å². The van der Waals surface area contributed by atoms with Gasteiger partial charge in [0.1, 0.15) is 28.6 Å². The number of rotatable bonds is 13. The molecule has 50 heavy (non-hydrogen) atoms. The Morgan fingerprint density at radius 2 is 1.60 bits per heavy atom. The maximum Gasteiger partial charge on any atom is 0.341 e. The Bertz CT molecular complexity index is 2290. The fourth-order valence-electron chi connectivity index (χ4n) is 5.30. The van der Waals surface area contributed by atoms with Crippen molar-refractivity contribution in [2.45, 2.75) is 41.5 Å². The molecule has 16 heteroatoms. The maximum atomic E-state index is 14.5. The van der Waals surface area contributed by atoms with Crippen LogP contribution in [0.3, 0.4) is 0 Å². The molecule has 0 saturated carbocycles. The van der Waals surface area contributed by atoms with Gasteiger partial charge in [0.05, 0.1) is 48.7 Å². The lowest BCUT2D eigenvalue weighted by molar-refractivity contribution is 0.0525. The van der Waals surface area contributed by atoms with Crippen molar-refractivity contribution >= 4 is 48.0 Å². The van der Waals surface area contributed by atoms with Crippen molar-refractivity contribution in [3.63, 3.8) is 0 Å². The van der Waals surface area contributed by atoms with E-state index in [2.05, 4.69) is 9.97 Å². The fraction of sp³-hybridized carbons (Fsp3) is 0.265. The minimum atomic E-state index is -4.68. The highest BCUT2D eigenvalue weighted by Crippen LogP contribution is 2.35.